The third-order valence-electron chi connectivity index (χ3n) is 1.84. The molecule has 0 heterocycles. The molecule has 4 N–H and O–H groups in total. The molecule has 14 heavy (non-hydrogen) atoms. The van der Waals surface area contributed by atoms with Crippen LogP contribution >= 0.6 is 28.3 Å². The van der Waals surface area contributed by atoms with Crippen LogP contribution in [0.2, 0.25) is 0 Å². The maximum absolute atomic E-state index is 13.2. The lowest BCUT2D eigenvalue weighted by molar-refractivity contribution is 0.567. The monoisotopic (exact) mass is 282 g/mol. The fraction of sp³-hybridized carbons (Fsp3) is 0.333. The van der Waals surface area contributed by atoms with Gasteiger partial charge in [-0.05, 0) is 31.2 Å². The van der Waals surface area contributed by atoms with E-state index in [4.69, 9.17) is 11.5 Å². The average Bonchev–Trinajstić information content (AvgIpc) is 2.09. The molecule has 1 aromatic carbocycles. The molecule has 0 amide bonds. The average molecular weight is 284 g/mol. The molecule has 0 aliphatic heterocycles. The number of nitrogens with two attached hydrogens (primary N) is 2. The minimum Gasteiger partial charge on any atom is -0.330 e. The summed E-state index contributed by atoms with van der Waals surface area (Å²) < 4.78 is 14.0. The highest BCUT2D eigenvalue weighted by molar-refractivity contribution is 9.10. The Balaban J connectivity index is 0.00000169. The van der Waals surface area contributed by atoms with Gasteiger partial charge in [-0.25, -0.2) is 4.39 Å². The van der Waals surface area contributed by atoms with E-state index in [0.29, 0.717) is 18.5 Å². The van der Waals surface area contributed by atoms with Gasteiger partial charge in [0.05, 0.1) is 0 Å². The van der Waals surface area contributed by atoms with Gasteiger partial charge in [0.2, 0.25) is 0 Å². The van der Waals surface area contributed by atoms with Crippen LogP contribution in [-0.2, 0) is 0 Å². The maximum Gasteiger partial charge on any atom is 0.128 e. The predicted octanol–water partition coefficient (Wildman–Crippen LogP) is 2.36. The lowest BCUT2D eigenvalue weighted by atomic mass is 10.0. The van der Waals surface area contributed by atoms with Crippen LogP contribution in [-0.4, -0.2) is 6.54 Å². The van der Waals surface area contributed by atoms with Crippen LogP contribution in [0.1, 0.15) is 18.0 Å². The van der Waals surface area contributed by atoms with Crippen molar-refractivity contribution in [2.75, 3.05) is 6.54 Å². The molecular formula is C9H13BrClFN2. The zero-order valence-corrected chi connectivity index (χ0v) is 9.94. The van der Waals surface area contributed by atoms with E-state index in [9.17, 15) is 4.39 Å². The van der Waals surface area contributed by atoms with E-state index in [0.717, 1.165) is 4.47 Å². The molecule has 0 radical (unpaired) electrons. The molecule has 0 fully saturated rings. The van der Waals surface area contributed by atoms with Crippen molar-refractivity contribution in [3.63, 3.8) is 0 Å². The zero-order chi connectivity index (χ0) is 9.84. The Morgan fingerprint density at radius 2 is 2.07 bits per heavy atom. The fourth-order valence-electron chi connectivity index (χ4n) is 1.13. The Bertz CT molecular complexity index is 296. The topological polar surface area (TPSA) is 52.0 Å². The van der Waals surface area contributed by atoms with Crippen molar-refractivity contribution < 1.29 is 4.39 Å². The first-order chi connectivity index (χ1) is 6.15. The summed E-state index contributed by atoms with van der Waals surface area (Å²) in [4.78, 5) is 0. The Morgan fingerprint density at radius 3 is 2.64 bits per heavy atom. The van der Waals surface area contributed by atoms with E-state index in [1.807, 2.05) is 0 Å². The van der Waals surface area contributed by atoms with Crippen LogP contribution in [0.4, 0.5) is 4.39 Å². The second-order valence-corrected chi connectivity index (χ2v) is 3.77. The molecule has 0 saturated carbocycles. The smallest absolute Gasteiger partial charge is 0.128 e. The summed E-state index contributed by atoms with van der Waals surface area (Å²) in [5.74, 6) is -0.274. The SMILES string of the molecule is Cl.NCC[C@@H](N)c1cc(Br)ccc1F. The van der Waals surface area contributed by atoms with E-state index >= 15 is 0 Å². The highest BCUT2D eigenvalue weighted by Gasteiger charge is 2.10. The Labute approximate surface area is 97.4 Å². The minimum absolute atomic E-state index is 0. The van der Waals surface area contributed by atoms with Gasteiger partial charge < -0.3 is 11.5 Å². The van der Waals surface area contributed by atoms with Gasteiger partial charge in [0.25, 0.3) is 0 Å². The molecule has 0 saturated heterocycles. The number of hydrogen-bond acceptors (Lipinski definition) is 2. The molecule has 1 aromatic rings. The summed E-state index contributed by atoms with van der Waals surface area (Å²) in [5.41, 5.74) is 11.6. The summed E-state index contributed by atoms with van der Waals surface area (Å²) >= 11 is 3.26. The van der Waals surface area contributed by atoms with E-state index in [-0.39, 0.29) is 24.3 Å². The largest absolute Gasteiger partial charge is 0.330 e. The number of rotatable bonds is 3. The molecule has 1 atom stereocenters. The van der Waals surface area contributed by atoms with E-state index < -0.39 is 0 Å². The first-order valence-corrected chi connectivity index (χ1v) is 4.85. The zero-order valence-electron chi connectivity index (χ0n) is 7.54. The van der Waals surface area contributed by atoms with Gasteiger partial charge in [0.1, 0.15) is 5.82 Å². The summed E-state index contributed by atoms with van der Waals surface area (Å²) in [7, 11) is 0. The number of hydrogen-bond donors (Lipinski definition) is 2. The quantitative estimate of drug-likeness (QED) is 0.895. The molecule has 0 spiro atoms. The van der Waals surface area contributed by atoms with E-state index in [1.54, 1.807) is 12.1 Å². The van der Waals surface area contributed by atoms with Crippen molar-refractivity contribution in [1.29, 1.82) is 0 Å². The minimum atomic E-state index is -0.317. The van der Waals surface area contributed by atoms with Crippen molar-refractivity contribution in [1.82, 2.24) is 0 Å². The normalized spacial score (nSPS) is 12.0. The summed E-state index contributed by atoms with van der Waals surface area (Å²) in [5, 5.41) is 0. The summed E-state index contributed by atoms with van der Waals surface area (Å²) in [6, 6.07) is 4.42. The molecule has 0 aliphatic rings. The number of halogens is 3. The molecule has 2 nitrogen and oxygen atoms in total. The van der Waals surface area contributed by atoms with Crippen molar-refractivity contribution in [3.8, 4) is 0 Å². The van der Waals surface area contributed by atoms with E-state index in [1.165, 1.54) is 6.07 Å². The number of benzene rings is 1. The third kappa shape index (κ3) is 3.53. The second-order valence-electron chi connectivity index (χ2n) is 2.85. The van der Waals surface area contributed by atoms with Gasteiger partial charge in [-0.1, -0.05) is 15.9 Å². The lowest BCUT2D eigenvalue weighted by Crippen LogP contribution is -2.16. The Kier molecular flexibility index (Phi) is 6.27. The molecule has 0 unspecified atom stereocenters. The molecular weight excluding hydrogens is 270 g/mol. The molecule has 0 aromatic heterocycles. The van der Waals surface area contributed by atoms with Crippen molar-refractivity contribution in [2.24, 2.45) is 11.5 Å². The molecule has 5 heteroatoms. The van der Waals surface area contributed by atoms with Crippen LogP contribution in [0.25, 0.3) is 0 Å². The summed E-state index contributed by atoms with van der Waals surface area (Å²) in [6.45, 7) is 0.465. The van der Waals surface area contributed by atoms with E-state index in [2.05, 4.69) is 15.9 Å². The summed E-state index contributed by atoms with van der Waals surface area (Å²) in [6.07, 6.45) is 0.591. The standard InChI is InChI=1S/C9H12BrFN2.ClH/c10-6-1-2-8(11)7(5-6)9(13)3-4-12;/h1-2,5,9H,3-4,12-13H2;1H/t9-;/m1./s1. The van der Waals surface area contributed by atoms with Gasteiger partial charge in [0, 0.05) is 16.1 Å². The second kappa shape index (κ2) is 6.35. The van der Waals surface area contributed by atoms with Crippen LogP contribution in [0.3, 0.4) is 0 Å². The van der Waals surface area contributed by atoms with Crippen LogP contribution in [0, 0.1) is 5.82 Å². The molecule has 80 valence electrons. The maximum atomic E-state index is 13.2. The highest BCUT2D eigenvalue weighted by atomic mass is 79.9. The van der Waals surface area contributed by atoms with Crippen LogP contribution in [0.5, 0.6) is 0 Å². The van der Waals surface area contributed by atoms with Gasteiger partial charge >= 0.3 is 0 Å². The molecule has 1 rings (SSSR count). The molecule has 0 aliphatic carbocycles. The van der Waals surface area contributed by atoms with Crippen molar-refractivity contribution in [2.45, 2.75) is 12.5 Å². The van der Waals surface area contributed by atoms with Gasteiger partial charge in [-0.3, -0.25) is 0 Å². The van der Waals surface area contributed by atoms with Gasteiger partial charge in [0.15, 0.2) is 0 Å². The van der Waals surface area contributed by atoms with Crippen LogP contribution < -0.4 is 11.5 Å². The third-order valence-corrected chi connectivity index (χ3v) is 2.33. The fourth-order valence-corrected chi connectivity index (χ4v) is 1.51. The Morgan fingerprint density at radius 1 is 1.43 bits per heavy atom. The van der Waals surface area contributed by atoms with Gasteiger partial charge in [-0.15, -0.1) is 12.4 Å². The predicted molar refractivity (Wildman–Crippen MR) is 61.9 cm³/mol. The highest BCUT2D eigenvalue weighted by Crippen LogP contribution is 2.21. The Hall–Kier alpha value is -0.160. The van der Waals surface area contributed by atoms with Crippen molar-refractivity contribution >= 4 is 28.3 Å². The van der Waals surface area contributed by atoms with Crippen molar-refractivity contribution in [3.05, 3.63) is 34.1 Å². The lowest BCUT2D eigenvalue weighted by Gasteiger charge is -2.11. The first kappa shape index (κ1) is 13.8. The first-order valence-electron chi connectivity index (χ1n) is 4.05. The van der Waals surface area contributed by atoms with Gasteiger partial charge in [-0.2, -0.15) is 0 Å². The van der Waals surface area contributed by atoms with Crippen LogP contribution in [0.15, 0.2) is 22.7 Å². The molecule has 0 bridgehead atoms.